The Bertz CT molecular complexity index is 670. The van der Waals surface area contributed by atoms with Crippen LogP contribution in [0.25, 0.3) is 0 Å². The molecule has 0 aliphatic carbocycles. The summed E-state index contributed by atoms with van der Waals surface area (Å²) in [5.74, 6) is 1.92. The largest absolute Gasteiger partial charge is 0.355 e. The van der Waals surface area contributed by atoms with Gasteiger partial charge in [0.15, 0.2) is 5.96 Å². The maximum atomic E-state index is 11.9. The van der Waals surface area contributed by atoms with Gasteiger partial charge >= 0.3 is 0 Å². The van der Waals surface area contributed by atoms with Crippen molar-refractivity contribution in [1.82, 2.24) is 15.5 Å². The molecule has 0 bridgehead atoms. The van der Waals surface area contributed by atoms with Gasteiger partial charge in [-0.15, -0.1) is 24.0 Å². The van der Waals surface area contributed by atoms with Gasteiger partial charge in [-0.1, -0.05) is 19.1 Å². The molecule has 29 heavy (non-hydrogen) atoms. The van der Waals surface area contributed by atoms with Crippen LogP contribution in [0.4, 0.5) is 5.69 Å². The van der Waals surface area contributed by atoms with Crippen molar-refractivity contribution < 1.29 is 4.79 Å². The van der Waals surface area contributed by atoms with Gasteiger partial charge in [0.2, 0.25) is 5.91 Å². The first-order chi connectivity index (χ1) is 13.6. The second-order valence-electron chi connectivity index (χ2n) is 8.19. The van der Waals surface area contributed by atoms with Gasteiger partial charge in [0.1, 0.15) is 0 Å². The summed E-state index contributed by atoms with van der Waals surface area (Å²) in [6.07, 6.45) is 4.23. The number of halogens is 1. The number of piperidine rings is 1. The molecule has 7 heteroatoms. The van der Waals surface area contributed by atoms with Crippen LogP contribution in [0.15, 0.2) is 29.3 Å². The fourth-order valence-electron chi connectivity index (χ4n) is 3.96. The van der Waals surface area contributed by atoms with Crippen molar-refractivity contribution in [2.45, 2.75) is 52.1 Å². The molecule has 3 rings (SSSR count). The number of benzene rings is 1. The number of guanidine groups is 1. The summed E-state index contributed by atoms with van der Waals surface area (Å²) < 4.78 is 0. The lowest BCUT2D eigenvalue weighted by atomic mass is 9.98. The zero-order chi connectivity index (χ0) is 19.9. The third kappa shape index (κ3) is 6.84. The molecule has 0 radical (unpaired) electrons. The molecule has 2 saturated heterocycles. The Kier molecular flexibility index (Phi) is 9.68. The molecule has 2 heterocycles. The molecule has 1 amide bonds. The van der Waals surface area contributed by atoms with Crippen LogP contribution in [0.3, 0.4) is 0 Å². The van der Waals surface area contributed by atoms with E-state index >= 15 is 0 Å². The number of hydrogen-bond donors (Lipinski definition) is 2. The number of amides is 1. The van der Waals surface area contributed by atoms with Crippen molar-refractivity contribution in [1.29, 1.82) is 0 Å². The van der Waals surface area contributed by atoms with Crippen LogP contribution in [-0.2, 0) is 11.3 Å². The maximum absolute atomic E-state index is 11.9. The zero-order valence-electron chi connectivity index (χ0n) is 18.0. The Morgan fingerprint density at radius 2 is 1.86 bits per heavy atom. The summed E-state index contributed by atoms with van der Waals surface area (Å²) >= 11 is 0. The first-order valence-electron chi connectivity index (χ1n) is 10.6. The van der Waals surface area contributed by atoms with E-state index in [1.807, 2.05) is 24.1 Å². The van der Waals surface area contributed by atoms with Crippen LogP contribution in [0.2, 0.25) is 0 Å². The quantitative estimate of drug-likeness (QED) is 0.349. The predicted octanol–water partition coefficient (Wildman–Crippen LogP) is 3.22. The topological polar surface area (TPSA) is 60.0 Å². The average molecular weight is 513 g/mol. The van der Waals surface area contributed by atoms with Crippen molar-refractivity contribution in [2.24, 2.45) is 10.9 Å². The molecule has 2 N–H and O–H groups in total. The Hall–Kier alpha value is -1.35. The summed E-state index contributed by atoms with van der Waals surface area (Å²) in [7, 11) is 1.81. The van der Waals surface area contributed by atoms with Crippen molar-refractivity contribution in [2.75, 3.05) is 38.1 Å². The van der Waals surface area contributed by atoms with Crippen LogP contribution in [0.5, 0.6) is 0 Å². The summed E-state index contributed by atoms with van der Waals surface area (Å²) in [5.41, 5.74) is 2.18. The second kappa shape index (κ2) is 11.7. The molecular weight excluding hydrogens is 477 g/mol. The lowest BCUT2D eigenvalue weighted by Crippen LogP contribution is -2.47. The number of likely N-dealkylation sites (tertiary alicyclic amines) is 1. The van der Waals surface area contributed by atoms with Crippen LogP contribution < -0.4 is 15.5 Å². The van der Waals surface area contributed by atoms with Crippen molar-refractivity contribution in [3.8, 4) is 0 Å². The lowest BCUT2D eigenvalue weighted by molar-refractivity contribution is -0.117. The van der Waals surface area contributed by atoms with Crippen molar-refractivity contribution >= 4 is 41.5 Å². The van der Waals surface area contributed by atoms with Crippen LogP contribution in [-0.4, -0.2) is 56.0 Å². The smallest absolute Gasteiger partial charge is 0.227 e. The van der Waals surface area contributed by atoms with Gasteiger partial charge in [-0.25, -0.2) is 0 Å². The minimum absolute atomic E-state index is 0. The van der Waals surface area contributed by atoms with Gasteiger partial charge < -0.3 is 15.5 Å². The number of carbonyl (C=O) groups excluding carboxylic acids is 1. The highest BCUT2D eigenvalue weighted by Crippen LogP contribution is 2.21. The van der Waals surface area contributed by atoms with E-state index in [2.05, 4.69) is 46.5 Å². The Labute approximate surface area is 192 Å². The van der Waals surface area contributed by atoms with Crippen molar-refractivity contribution in [3.05, 3.63) is 29.8 Å². The van der Waals surface area contributed by atoms with Gasteiger partial charge in [0.25, 0.3) is 0 Å². The lowest BCUT2D eigenvalue weighted by Gasteiger charge is -2.35. The van der Waals surface area contributed by atoms with Crippen molar-refractivity contribution in [3.63, 3.8) is 0 Å². The van der Waals surface area contributed by atoms with E-state index in [1.165, 1.54) is 31.5 Å². The SMILES string of the molecule is CN=C(NCc1ccc(N2CCCC2=O)cc1)NCC(C)N1CCC(C)CC1.I. The molecule has 2 aliphatic rings. The molecule has 1 aromatic carbocycles. The van der Waals surface area contributed by atoms with E-state index in [4.69, 9.17) is 0 Å². The van der Waals surface area contributed by atoms with Gasteiger partial charge in [0.05, 0.1) is 0 Å². The van der Waals surface area contributed by atoms with E-state index in [9.17, 15) is 4.79 Å². The number of anilines is 1. The molecule has 162 valence electrons. The number of rotatable bonds is 6. The van der Waals surface area contributed by atoms with E-state index in [-0.39, 0.29) is 29.9 Å². The summed E-state index contributed by atoms with van der Waals surface area (Å²) in [4.78, 5) is 20.6. The Morgan fingerprint density at radius 1 is 1.17 bits per heavy atom. The number of nitrogens with one attached hydrogen (secondary N) is 2. The Morgan fingerprint density at radius 3 is 2.45 bits per heavy atom. The van der Waals surface area contributed by atoms with E-state index < -0.39 is 0 Å². The standard InChI is InChI=1S/C22H35N5O.HI/c1-17-10-13-26(14-11-17)18(2)15-24-22(23-3)25-16-19-6-8-20(9-7-19)27-12-4-5-21(27)28;/h6-9,17-18H,4-5,10-16H2,1-3H3,(H2,23,24,25);1H. The second-order valence-corrected chi connectivity index (χ2v) is 8.19. The van der Waals surface area contributed by atoms with Gasteiger partial charge in [-0.3, -0.25) is 14.7 Å². The highest BCUT2D eigenvalue weighted by Gasteiger charge is 2.22. The fourth-order valence-corrected chi connectivity index (χ4v) is 3.96. The first-order valence-corrected chi connectivity index (χ1v) is 10.6. The summed E-state index contributed by atoms with van der Waals surface area (Å²) in [5, 5.41) is 6.84. The number of hydrogen-bond acceptors (Lipinski definition) is 3. The van der Waals surface area contributed by atoms with Gasteiger partial charge in [-0.2, -0.15) is 0 Å². The summed E-state index contributed by atoms with van der Waals surface area (Å²) in [6.45, 7) is 9.47. The number of nitrogens with zero attached hydrogens (tertiary/aromatic N) is 3. The monoisotopic (exact) mass is 513 g/mol. The predicted molar refractivity (Wildman–Crippen MR) is 131 cm³/mol. The highest BCUT2D eigenvalue weighted by molar-refractivity contribution is 14.0. The minimum Gasteiger partial charge on any atom is -0.355 e. The normalized spacial score (nSPS) is 19.8. The van der Waals surface area contributed by atoms with Gasteiger partial charge in [0, 0.05) is 44.8 Å². The fraction of sp³-hybridized carbons (Fsp3) is 0.636. The minimum atomic E-state index is 0. The molecule has 1 atom stereocenters. The number of aliphatic imine (C=N–C) groups is 1. The molecule has 0 spiro atoms. The van der Waals surface area contributed by atoms with Crippen LogP contribution in [0.1, 0.15) is 45.1 Å². The average Bonchev–Trinajstić information content (AvgIpc) is 3.15. The Balaban J connectivity index is 0.00000300. The molecule has 6 nitrogen and oxygen atoms in total. The molecule has 2 aliphatic heterocycles. The van der Waals surface area contributed by atoms with E-state index in [1.54, 1.807) is 0 Å². The third-order valence-corrected chi connectivity index (χ3v) is 6.01. The molecule has 0 aromatic heterocycles. The molecule has 2 fully saturated rings. The van der Waals surface area contributed by atoms with E-state index in [0.717, 1.165) is 37.1 Å². The molecule has 1 aromatic rings. The number of carbonyl (C=O) groups is 1. The molecule has 1 unspecified atom stereocenters. The zero-order valence-corrected chi connectivity index (χ0v) is 20.3. The molecule has 0 saturated carbocycles. The van der Waals surface area contributed by atoms with Gasteiger partial charge in [-0.05, 0) is 62.9 Å². The van der Waals surface area contributed by atoms with Crippen LogP contribution >= 0.6 is 24.0 Å². The molecular formula is C22H36IN5O. The maximum Gasteiger partial charge on any atom is 0.227 e. The van der Waals surface area contributed by atoms with Crippen LogP contribution in [0, 0.1) is 5.92 Å². The highest BCUT2D eigenvalue weighted by atomic mass is 127. The van der Waals surface area contributed by atoms with E-state index in [0.29, 0.717) is 19.0 Å². The first kappa shape index (κ1) is 23.9. The summed E-state index contributed by atoms with van der Waals surface area (Å²) in [6, 6.07) is 8.74. The third-order valence-electron chi connectivity index (χ3n) is 6.01.